The molecule has 2 heterocycles. The summed E-state index contributed by atoms with van der Waals surface area (Å²) in [6, 6.07) is 3.80. The van der Waals surface area contributed by atoms with Gasteiger partial charge in [0.15, 0.2) is 0 Å². The number of nitrogens with two attached hydrogens (primary N) is 1. The van der Waals surface area contributed by atoms with Crippen LogP contribution in [-0.2, 0) is 0 Å². The van der Waals surface area contributed by atoms with Gasteiger partial charge in [0.2, 0.25) is 0 Å². The summed E-state index contributed by atoms with van der Waals surface area (Å²) in [6.45, 7) is 4.08. The molecule has 0 radical (unpaired) electrons. The first-order chi connectivity index (χ1) is 7.72. The molecule has 2 aromatic heterocycles. The third-order valence-corrected chi connectivity index (χ3v) is 2.73. The smallest absolute Gasteiger partial charge is 0.129 e. The summed E-state index contributed by atoms with van der Waals surface area (Å²) < 4.78 is 7.32. The highest BCUT2D eigenvalue weighted by molar-refractivity contribution is 5.11. The van der Waals surface area contributed by atoms with E-state index in [9.17, 15) is 0 Å². The van der Waals surface area contributed by atoms with E-state index in [1.54, 1.807) is 6.26 Å². The second kappa shape index (κ2) is 4.53. The summed E-state index contributed by atoms with van der Waals surface area (Å²) in [5, 5.41) is 4.32. The van der Waals surface area contributed by atoms with E-state index < -0.39 is 0 Å². The molecular weight excluding hydrogens is 202 g/mol. The van der Waals surface area contributed by atoms with Crippen LogP contribution in [-0.4, -0.2) is 15.8 Å². The molecular formula is C12H17N3O. The van der Waals surface area contributed by atoms with Crippen LogP contribution in [0.5, 0.6) is 0 Å². The zero-order valence-corrected chi connectivity index (χ0v) is 9.63. The number of hydrogen-bond acceptors (Lipinski definition) is 3. The van der Waals surface area contributed by atoms with Crippen LogP contribution in [0.2, 0.25) is 0 Å². The molecule has 0 saturated heterocycles. The first kappa shape index (κ1) is 11.0. The van der Waals surface area contributed by atoms with Gasteiger partial charge in [0.1, 0.15) is 11.8 Å². The van der Waals surface area contributed by atoms with E-state index in [-0.39, 0.29) is 12.1 Å². The highest BCUT2D eigenvalue weighted by Crippen LogP contribution is 2.22. The quantitative estimate of drug-likeness (QED) is 0.856. The lowest BCUT2D eigenvalue weighted by Crippen LogP contribution is -2.32. The van der Waals surface area contributed by atoms with Crippen molar-refractivity contribution < 1.29 is 4.42 Å². The Morgan fingerprint density at radius 1 is 1.56 bits per heavy atom. The van der Waals surface area contributed by atoms with Crippen molar-refractivity contribution in [1.82, 2.24) is 9.78 Å². The molecule has 16 heavy (non-hydrogen) atoms. The topological polar surface area (TPSA) is 57.0 Å². The van der Waals surface area contributed by atoms with Crippen LogP contribution in [0.25, 0.3) is 0 Å². The van der Waals surface area contributed by atoms with Gasteiger partial charge in [-0.3, -0.25) is 4.68 Å². The van der Waals surface area contributed by atoms with Crippen molar-refractivity contribution in [3.8, 4) is 0 Å². The largest absolute Gasteiger partial charge is 0.467 e. The third kappa shape index (κ3) is 2.02. The minimum Gasteiger partial charge on any atom is -0.467 e. The molecule has 0 fully saturated rings. The Balaban J connectivity index is 2.35. The summed E-state index contributed by atoms with van der Waals surface area (Å²) in [7, 11) is 0. The summed E-state index contributed by atoms with van der Waals surface area (Å²) in [6.07, 6.45) is 6.37. The van der Waals surface area contributed by atoms with Gasteiger partial charge in [-0.2, -0.15) is 5.10 Å². The van der Waals surface area contributed by atoms with Gasteiger partial charge in [-0.1, -0.05) is 6.92 Å². The third-order valence-electron chi connectivity index (χ3n) is 2.73. The number of hydrogen-bond donors (Lipinski definition) is 1. The maximum absolute atomic E-state index is 6.13. The van der Waals surface area contributed by atoms with Crippen molar-refractivity contribution in [2.45, 2.75) is 32.4 Å². The molecule has 0 bridgehead atoms. The fourth-order valence-electron chi connectivity index (χ4n) is 1.81. The Kier molecular flexibility index (Phi) is 3.10. The molecule has 0 amide bonds. The lowest BCUT2D eigenvalue weighted by atomic mass is 10.0. The molecule has 4 heteroatoms. The van der Waals surface area contributed by atoms with Gasteiger partial charge < -0.3 is 10.2 Å². The van der Waals surface area contributed by atoms with Crippen molar-refractivity contribution in [2.24, 2.45) is 5.73 Å². The number of rotatable bonds is 4. The summed E-state index contributed by atoms with van der Waals surface area (Å²) >= 11 is 0. The normalized spacial score (nSPS) is 14.9. The number of aryl methyl sites for hydroxylation is 1. The van der Waals surface area contributed by atoms with Crippen LogP contribution in [0.15, 0.2) is 35.2 Å². The molecule has 0 aliphatic carbocycles. The average Bonchev–Trinajstić information content (AvgIpc) is 2.91. The second-order valence-electron chi connectivity index (χ2n) is 4.03. The Morgan fingerprint density at radius 3 is 2.88 bits per heavy atom. The number of nitrogens with zero attached hydrogens (tertiary/aromatic N) is 2. The van der Waals surface area contributed by atoms with Crippen molar-refractivity contribution in [2.75, 3.05) is 0 Å². The molecule has 0 aromatic carbocycles. The molecule has 2 N–H and O–H groups in total. The summed E-state index contributed by atoms with van der Waals surface area (Å²) in [5.41, 5.74) is 7.25. The second-order valence-corrected chi connectivity index (χ2v) is 4.03. The van der Waals surface area contributed by atoms with E-state index in [1.165, 1.54) is 0 Å². The van der Waals surface area contributed by atoms with Gasteiger partial charge in [0.25, 0.3) is 0 Å². The molecule has 4 nitrogen and oxygen atoms in total. The monoisotopic (exact) mass is 219 g/mol. The molecule has 0 saturated carbocycles. The number of furan rings is 1. The van der Waals surface area contributed by atoms with E-state index in [0.29, 0.717) is 0 Å². The van der Waals surface area contributed by atoms with Crippen LogP contribution in [0.4, 0.5) is 0 Å². The zero-order valence-electron chi connectivity index (χ0n) is 9.63. The van der Waals surface area contributed by atoms with Crippen LogP contribution < -0.4 is 5.73 Å². The lowest BCUT2D eigenvalue weighted by molar-refractivity contribution is 0.351. The van der Waals surface area contributed by atoms with E-state index in [0.717, 1.165) is 17.7 Å². The van der Waals surface area contributed by atoms with Crippen molar-refractivity contribution in [1.29, 1.82) is 0 Å². The Hall–Kier alpha value is -1.55. The molecule has 86 valence electrons. The zero-order chi connectivity index (χ0) is 11.5. The van der Waals surface area contributed by atoms with Crippen LogP contribution in [0, 0.1) is 6.92 Å². The minimum atomic E-state index is -0.0197. The maximum atomic E-state index is 6.13. The van der Waals surface area contributed by atoms with E-state index >= 15 is 0 Å². The predicted octanol–water partition coefficient (Wildman–Crippen LogP) is 2.11. The van der Waals surface area contributed by atoms with Crippen LogP contribution >= 0.6 is 0 Å². The van der Waals surface area contributed by atoms with E-state index in [1.807, 2.05) is 36.1 Å². The van der Waals surface area contributed by atoms with Crippen LogP contribution in [0.1, 0.15) is 30.7 Å². The highest BCUT2D eigenvalue weighted by Gasteiger charge is 2.23. The molecule has 2 atom stereocenters. The van der Waals surface area contributed by atoms with Gasteiger partial charge in [-0.05, 0) is 31.0 Å². The van der Waals surface area contributed by atoms with Gasteiger partial charge >= 0.3 is 0 Å². The first-order valence-electron chi connectivity index (χ1n) is 5.52. The highest BCUT2D eigenvalue weighted by atomic mass is 16.3. The van der Waals surface area contributed by atoms with Gasteiger partial charge in [0.05, 0.1) is 12.5 Å². The first-order valence-corrected chi connectivity index (χ1v) is 5.52. The van der Waals surface area contributed by atoms with Gasteiger partial charge in [-0.15, -0.1) is 0 Å². The standard InChI is InChI=1S/C12H17N3O/c1-3-10(13)12(11-5-4-6-16-11)15-8-9(2)7-14-15/h4-8,10,12H,3,13H2,1-2H3. The van der Waals surface area contributed by atoms with Crippen molar-refractivity contribution in [3.63, 3.8) is 0 Å². The molecule has 0 aliphatic rings. The minimum absolute atomic E-state index is 0.00505. The van der Waals surface area contributed by atoms with E-state index in [4.69, 9.17) is 10.2 Å². The molecule has 0 spiro atoms. The van der Waals surface area contributed by atoms with E-state index in [2.05, 4.69) is 12.0 Å². The SMILES string of the molecule is CCC(N)C(c1ccco1)n1cc(C)cn1. The molecule has 2 aromatic rings. The molecule has 0 aliphatic heterocycles. The van der Waals surface area contributed by atoms with Crippen molar-refractivity contribution in [3.05, 3.63) is 42.1 Å². The fraction of sp³-hybridized carbons (Fsp3) is 0.417. The predicted molar refractivity (Wildman–Crippen MR) is 62.1 cm³/mol. The summed E-state index contributed by atoms with van der Waals surface area (Å²) in [4.78, 5) is 0. The molecule has 2 rings (SSSR count). The Bertz CT molecular complexity index is 433. The lowest BCUT2D eigenvalue weighted by Gasteiger charge is -2.21. The van der Waals surface area contributed by atoms with Crippen LogP contribution in [0.3, 0.4) is 0 Å². The van der Waals surface area contributed by atoms with Gasteiger partial charge in [-0.25, -0.2) is 0 Å². The maximum Gasteiger partial charge on any atom is 0.129 e. The Labute approximate surface area is 95.1 Å². The summed E-state index contributed by atoms with van der Waals surface area (Å²) in [5.74, 6) is 0.859. The fourth-order valence-corrected chi connectivity index (χ4v) is 1.81. The molecule has 2 unspecified atom stereocenters. The Morgan fingerprint density at radius 2 is 2.38 bits per heavy atom. The van der Waals surface area contributed by atoms with Gasteiger partial charge in [0, 0.05) is 12.2 Å². The average molecular weight is 219 g/mol. The number of aromatic nitrogens is 2. The van der Waals surface area contributed by atoms with Crippen molar-refractivity contribution >= 4 is 0 Å².